The molecule has 0 fully saturated rings. The van der Waals surface area contributed by atoms with E-state index in [0.717, 1.165) is 19.3 Å². The largest absolute Gasteiger partial charge is 0.323 e. The monoisotopic (exact) mass is 293 g/mol. The summed E-state index contributed by atoms with van der Waals surface area (Å²) in [6, 6.07) is 4.81. The fourth-order valence-corrected chi connectivity index (χ4v) is 4.03. The molecule has 0 amide bonds. The van der Waals surface area contributed by atoms with Crippen LogP contribution < -0.4 is 5.73 Å². The first kappa shape index (κ1) is 13.7. The van der Waals surface area contributed by atoms with Gasteiger partial charge in [0, 0.05) is 22.4 Å². The summed E-state index contributed by atoms with van der Waals surface area (Å²) in [4.78, 5) is 1.34. The van der Waals surface area contributed by atoms with Gasteiger partial charge in [0.15, 0.2) is 11.6 Å². The fraction of sp³-hybridized carbons (Fsp3) is 0.375. The van der Waals surface area contributed by atoms with Crippen molar-refractivity contribution in [2.75, 3.05) is 0 Å². The zero-order valence-electron chi connectivity index (χ0n) is 11.3. The van der Waals surface area contributed by atoms with Crippen molar-refractivity contribution in [3.63, 3.8) is 0 Å². The van der Waals surface area contributed by atoms with Crippen LogP contribution in [0.1, 0.15) is 46.4 Å². The number of halogens is 2. The van der Waals surface area contributed by atoms with Gasteiger partial charge < -0.3 is 5.73 Å². The van der Waals surface area contributed by atoms with Gasteiger partial charge in [-0.05, 0) is 48.8 Å². The molecule has 1 aromatic carbocycles. The summed E-state index contributed by atoms with van der Waals surface area (Å²) in [5.74, 6) is -1.49. The second-order valence-corrected chi connectivity index (χ2v) is 6.42. The number of hydrogen-bond acceptors (Lipinski definition) is 2. The van der Waals surface area contributed by atoms with E-state index in [2.05, 4.69) is 11.4 Å². The highest BCUT2D eigenvalue weighted by Gasteiger charge is 2.29. The zero-order valence-corrected chi connectivity index (χ0v) is 12.1. The minimum Gasteiger partial charge on any atom is -0.323 e. The molecule has 2 unspecified atom stereocenters. The van der Waals surface area contributed by atoms with Crippen LogP contribution in [0.3, 0.4) is 0 Å². The van der Waals surface area contributed by atoms with Crippen LogP contribution in [0.2, 0.25) is 0 Å². The zero-order chi connectivity index (χ0) is 14.3. The lowest BCUT2D eigenvalue weighted by atomic mass is 9.80. The SMILES string of the molecule is Cc1ccc(C(N)C2CCCc3sccc32)c(F)c1F. The highest BCUT2D eigenvalue weighted by Crippen LogP contribution is 2.42. The highest BCUT2D eigenvalue weighted by atomic mass is 32.1. The molecule has 0 aliphatic heterocycles. The molecule has 1 aliphatic carbocycles. The van der Waals surface area contributed by atoms with E-state index < -0.39 is 17.7 Å². The van der Waals surface area contributed by atoms with Crippen molar-refractivity contribution < 1.29 is 8.78 Å². The van der Waals surface area contributed by atoms with Crippen LogP contribution in [0.15, 0.2) is 23.6 Å². The van der Waals surface area contributed by atoms with E-state index in [1.54, 1.807) is 30.4 Å². The van der Waals surface area contributed by atoms with Crippen molar-refractivity contribution in [3.05, 3.63) is 56.8 Å². The summed E-state index contributed by atoms with van der Waals surface area (Å²) < 4.78 is 27.8. The van der Waals surface area contributed by atoms with E-state index in [-0.39, 0.29) is 11.5 Å². The Morgan fingerprint density at radius 2 is 2.05 bits per heavy atom. The summed E-state index contributed by atoms with van der Waals surface area (Å²) in [7, 11) is 0. The average Bonchev–Trinajstić information content (AvgIpc) is 2.92. The number of rotatable bonds is 2. The maximum atomic E-state index is 14.1. The summed E-state index contributed by atoms with van der Waals surface area (Å²) in [5.41, 5.74) is 8.09. The Balaban J connectivity index is 1.99. The molecule has 0 radical (unpaired) electrons. The third-order valence-electron chi connectivity index (χ3n) is 4.20. The Labute approximate surface area is 121 Å². The number of benzene rings is 1. The standard InChI is InChI=1S/C16H17F2NS/c1-9-5-6-12(15(18)14(9)17)16(19)11-3-2-4-13-10(11)7-8-20-13/h5-8,11,16H,2-4,19H2,1H3. The quantitative estimate of drug-likeness (QED) is 0.869. The van der Waals surface area contributed by atoms with E-state index in [4.69, 9.17) is 5.73 Å². The van der Waals surface area contributed by atoms with Gasteiger partial charge in [0.2, 0.25) is 0 Å². The van der Waals surface area contributed by atoms with Gasteiger partial charge in [-0.15, -0.1) is 11.3 Å². The molecule has 1 aromatic heterocycles. The fourth-order valence-electron chi connectivity index (χ4n) is 3.03. The van der Waals surface area contributed by atoms with Gasteiger partial charge in [-0.3, -0.25) is 0 Å². The van der Waals surface area contributed by atoms with Gasteiger partial charge >= 0.3 is 0 Å². The molecule has 0 bridgehead atoms. The molecule has 2 aromatic rings. The van der Waals surface area contributed by atoms with E-state index >= 15 is 0 Å². The maximum absolute atomic E-state index is 14.1. The van der Waals surface area contributed by atoms with E-state index in [0.29, 0.717) is 5.56 Å². The van der Waals surface area contributed by atoms with E-state index in [1.807, 2.05) is 0 Å². The molecule has 4 heteroatoms. The summed E-state index contributed by atoms with van der Waals surface area (Å²) in [5, 5.41) is 2.06. The Morgan fingerprint density at radius 1 is 1.25 bits per heavy atom. The van der Waals surface area contributed by atoms with Crippen LogP contribution in [0.5, 0.6) is 0 Å². The first-order chi connectivity index (χ1) is 9.59. The van der Waals surface area contributed by atoms with Gasteiger partial charge in [-0.25, -0.2) is 8.78 Å². The van der Waals surface area contributed by atoms with Crippen molar-refractivity contribution in [2.24, 2.45) is 5.73 Å². The molecule has 1 nitrogen and oxygen atoms in total. The Hall–Kier alpha value is -1.26. The molecule has 0 saturated carbocycles. The third kappa shape index (κ3) is 2.17. The molecule has 20 heavy (non-hydrogen) atoms. The lowest BCUT2D eigenvalue weighted by molar-refractivity contribution is 0.440. The average molecular weight is 293 g/mol. The second-order valence-electron chi connectivity index (χ2n) is 5.42. The molecule has 2 atom stereocenters. The molecular formula is C16H17F2NS. The predicted octanol–water partition coefficient (Wildman–Crippen LogP) is 4.45. The minimum atomic E-state index is -0.792. The molecule has 1 heterocycles. The molecule has 3 rings (SSSR count). The van der Waals surface area contributed by atoms with Crippen LogP contribution >= 0.6 is 11.3 Å². The molecule has 2 N–H and O–H groups in total. The van der Waals surface area contributed by atoms with Crippen LogP contribution in [0, 0.1) is 18.6 Å². The number of nitrogens with two attached hydrogens (primary N) is 1. The lowest BCUT2D eigenvalue weighted by Gasteiger charge is -2.28. The van der Waals surface area contributed by atoms with E-state index in [1.165, 1.54) is 10.4 Å². The van der Waals surface area contributed by atoms with Gasteiger partial charge in [0.25, 0.3) is 0 Å². The molecular weight excluding hydrogens is 276 g/mol. The van der Waals surface area contributed by atoms with Crippen molar-refractivity contribution in [3.8, 4) is 0 Å². The van der Waals surface area contributed by atoms with Crippen LogP contribution in [-0.4, -0.2) is 0 Å². The first-order valence-electron chi connectivity index (χ1n) is 6.86. The Morgan fingerprint density at radius 3 is 2.85 bits per heavy atom. The van der Waals surface area contributed by atoms with Gasteiger partial charge in [-0.1, -0.05) is 12.1 Å². The second kappa shape index (κ2) is 5.26. The number of thiophene rings is 1. The van der Waals surface area contributed by atoms with E-state index in [9.17, 15) is 8.78 Å². The molecule has 0 saturated heterocycles. The number of aryl methyl sites for hydroxylation is 2. The number of fused-ring (bicyclic) bond motifs is 1. The Kier molecular flexibility index (Phi) is 3.61. The van der Waals surface area contributed by atoms with Gasteiger partial charge in [0.1, 0.15) is 0 Å². The van der Waals surface area contributed by atoms with Crippen molar-refractivity contribution in [1.29, 1.82) is 0 Å². The summed E-state index contributed by atoms with van der Waals surface area (Å²) >= 11 is 1.73. The normalized spacial score (nSPS) is 19.7. The first-order valence-corrected chi connectivity index (χ1v) is 7.74. The van der Waals surface area contributed by atoms with Crippen molar-refractivity contribution >= 4 is 11.3 Å². The Bertz CT molecular complexity index is 635. The predicted molar refractivity (Wildman–Crippen MR) is 78.0 cm³/mol. The van der Waals surface area contributed by atoms with Crippen LogP contribution in [-0.2, 0) is 6.42 Å². The van der Waals surface area contributed by atoms with Crippen LogP contribution in [0.4, 0.5) is 8.78 Å². The van der Waals surface area contributed by atoms with Crippen molar-refractivity contribution in [2.45, 2.75) is 38.1 Å². The molecule has 1 aliphatic rings. The smallest absolute Gasteiger partial charge is 0.163 e. The maximum Gasteiger partial charge on any atom is 0.163 e. The summed E-state index contributed by atoms with van der Waals surface area (Å²) in [6.45, 7) is 1.56. The third-order valence-corrected chi connectivity index (χ3v) is 5.19. The molecule has 0 spiro atoms. The van der Waals surface area contributed by atoms with Crippen molar-refractivity contribution in [1.82, 2.24) is 0 Å². The topological polar surface area (TPSA) is 26.0 Å². The minimum absolute atomic E-state index is 0.0848. The number of hydrogen-bond donors (Lipinski definition) is 1. The highest BCUT2D eigenvalue weighted by molar-refractivity contribution is 7.10. The van der Waals surface area contributed by atoms with Gasteiger partial charge in [0.05, 0.1) is 0 Å². The van der Waals surface area contributed by atoms with Gasteiger partial charge in [-0.2, -0.15) is 0 Å². The molecule has 106 valence electrons. The lowest BCUT2D eigenvalue weighted by Crippen LogP contribution is -2.24. The van der Waals surface area contributed by atoms with Crippen LogP contribution in [0.25, 0.3) is 0 Å². The summed E-state index contributed by atoms with van der Waals surface area (Å²) in [6.07, 6.45) is 3.06.